The number of ketones is 1. The normalized spacial score (nSPS) is 10.1. The Labute approximate surface area is 103 Å². The molecule has 0 unspecified atom stereocenters. The molecule has 0 bridgehead atoms. The van der Waals surface area contributed by atoms with E-state index >= 15 is 0 Å². The van der Waals surface area contributed by atoms with E-state index in [-0.39, 0.29) is 17.2 Å². The van der Waals surface area contributed by atoms with Gasteiger partial charge in [0.25, 0.3) is 5.78 Å². The summed E-state index contributed by atoms with van der Waals surface area (Å²) in [5.41, 5.74) is 0.423. The molecule has 5 nitrogen and oxygen atoms in total. The summed E-state index contributed by atoms with van der Waals surface area (Å²) in [5, 5.41) is 8.86. The van der Waals surface area contributed by atoms with Crippen molar-refractivity contribution in [3.05, 3.63) is 28.3 Å². The van der Waals surface area contributed by atoms with Crippen LogP contribution in [0.1, 0.15) is 15.9 Å². The molecule has 0 heterocycles. The lowest BCUT2D eigenvalue weighted by atomic mass is 10.0. The van der Waals surface area contributed by atoms with Gasteiger partial charge in [-0.15, -0.1) is 0 Å². The van der Waals surface area contributed by atoms with E-state index in [1.807, 2.05) is 0 Å². The fourth-order valence-electron chi connectivity index (χ4n) is 1.35. The fourth-order valence-corrected chi connectivity index (χ4v) is 1.59. The monoisotopic (exact) mass is 258 g/mol. The van der Waals surface area contributed by atoms with E-state index in [9.17, 15) is 9.59 Å². The van der Waals surface area contributed by atoms with Crippen LogP contribution in [0.2, 0.25) is 5.02 Å². The maximum Gasteiger partial charge on any atom is 0.377 e. The molecule has 0 saturated carbocycles. The second kappa shape index (κ2) is 5.65. The number of carboxylic acids is 1. The quantitative estimate of drug-likeness (QED) is 0.644. The smallest absolute Gasteiger partial charge is 0.377 e. The minimum absolute atomic E-state index is 0.00477. The summed E-state index contributed by atoms with van der Waals surface area (Å²) in [6.45, 7) is 0.0991. The Morgan fingerprint density at radius 2 is 2.00 bits per heavy atom. The Hall–Kier alpha value is -1.59. The largest absolute Gasteiger partial charge is 0.495 e. The van der Waals surface area contributed by atoms with Crippen LogP contribution < -0.4 is 4.74 Å². The number of hydrogen-bond donors (Lipinski definition) is 1. The highest BCUT2D eigenvalue weighted by Crippen LogP contribution is 2.28. The van der Waals surface area contributed by atoms with E-state index < -0.39 is 11.8 Å². The highest BCUT2D eigenvalue weighted by atomic mass is 35.5. The molecular formula is C11H11ClO5. The van der Waals surface area contributed by atoms with E-state index in [1.165, 1.54) is 26.4 Å². The lowest BCUT2D eigenvalue weighted by Crippen LogP contribution is -2.15. The Morgan fingerprint density at radius 1 is 1.35 bits per heavy atom. The van der Waals surface area contributed by atoms with Crippen LogP contribution in [0, 0.1) is 0 Å². The van der Waals surface area contributed by atoms with E-state index in [0.717, 1.165) is 0 Å². The molecule has 0 aliphatic carbocycles. The van der Waals surface area contributed by atoms with Gasteiger partial charge in [-0.3, -0.25) is 4.79 Å². The molecule has 1 aromatic rings. The zero-order valence-electron chi connectivity index (χ0n) is 9.32. The van der Waals surface area contributed by atoms with Gasteiger partial charge in [-0.2, -0.15) is 0 Å². The van der Waals surface area contributed by atoms with Gasteiger partial charge in [0.05, 0.1) is 18.7 Å². The molecule has 0 spiro atoms. The van der Waals surface area contributed by atoms with Crippen LogP contribution in [0.5, 0.6) is 5.75 Å². The molecule has 0 aliphatic rings. The molecule has 1 aromatic carbocycles. The summed E-state index contributed by atoms with van der Waals surface area (Å²) in [7, 11) is 2.87. The SMILES string of the molecule is COCc1cc(OC)c(Cl)cc1C(=O)C(=O)O. The van der Waals surface area contributed by atoms with E-state index in [1.54, 1.807) is 0 Å². The third kappa shape index (κ3) is 2.95. The van der Waals surface area contributed by atoms with Crippen molar-refractivity contribution in [1.82, 2.24) is 0 Å². The third-order valence-electron chi connectivity index (χ3n) is 2.12. The van der Waals surface area contributed by atoms with E-state index in [2.05, 4.69) is 0 Å². The molecule has 0 fully saturated rings. The van der Waals surface area contributed by atoms with Gasteiger partial charge < -0.3 is 14.6 Å². The molecule has 0 aromatic heterocycles. The van der Waals surface area contributed by atoms with Crippen molar-refractivity contribution in [2.45, 2.75) is 6.61 Å². The van der Waals surface area contributed by atoms with Crippen LogP contribution in [-0.2, 0) is 16.1 Å². The number of carbonyl (C=O) groups is 2. The second-order valence-electron chi connectivity index (χ2n) is 3.21. The zero-order chi connectivity index (χ0) is 13.0. The van der Waals surface area contributed by atoms with Gasteiger partial charge in [0.1, 0.15) is 5.75 Å². The van der Waals surface area contributed by atoms with Gasteiger partial charge in [-0.25, -0.2) is 4.79 Å². The highest BCUT2D eigenvalue weighted by molar-refractivity contribution is 6.41. The summed E-state index contributed by atoms with van der Waals surface area (Å²) in [4.78, 5) is 22.1. The van der Waals surface area contributed by atoms with Crippen LogP contribution in [0.15, 0.2) is 12.1 Å². The lowest BCUT2D eigenvalue weighted by molar-refractivity contribution is -0.131. The molecule has 1 N–H and O–H groups in total. The summed E-state index contributed by atoms with van der Waals surface area (Å²) < 4.78 is 9.87. The Balaban J connectivity index is 3.32. The van der Waals surface area contributed by atoms with Gasteiger partial charge in [0, 0.05) is 12.7 Å². The Morgan fingerprint density at radius 3 is 2.47 bits per heavy atom. The molecular weight excluding hydrogens is 248 g/mol. The summed E-state index contributed by atoms with van der Waals surface area (Å²) in [5.74, 6) is -2.20. The highest BCUT2D eigenvalue weighted by Gasteiger charge is 2.20. The fraction of sp³-hybridized carbons (Fsp3) is 0.273. The predicted octanol–water partition coefficient (Wildman–Crippen LogP) is 1.76. The van der Waals surface area contributed by atoms with Crippen molar-refractivity contribution in [3.8, 4) is 5.75 Å². The van der Waals surface area contributed by atoms with E-state index in [0.29, 0.717) is 11.3 Å². The van der Waals surface area contributed by atoms with Crippen molar-refractivity contribution in [2.75, 3.05) is 14.2 Å². The maximum absolute atomic E-state index is 11.4. The van der Waals surface area contributed by atoms with Crippen molar-refractivity contribution >= 4 is 23.4 Å². The molecule has 92 valence electrons. The average molecular weight is 259 g/mol. The van der Waals surface area contributed by atoms with Crippen molar-refractivity contribution < 1.29 is 24.2 Å². The first kappa shape index (κ1) is 13.5. The number of rotatable bonds is 5. The van der Waals surface area contributed by atoms with Crippen molar-refractivity contribution in [1.29, 1.82) is 0 Å². The first-order valence-electron chi connectivity index (χ1n) is 4.64. The number of ether oxygens (including phenoxy) is 2. The van der Waals surface area contributed by atoms with Gasteiger partial charge in [0.15, 0.2) is 0 Å². The van der Waals surface area contributed by atoms with Gasteiger partial charge in [0.2, 0.25) is 0 Å². The van der Waals surface area contributed by atoms with Gasteiger partial charge >= 0.3 is 5.97 Å². The minimum Gasteiger partial charge on any atom is -0.495 e. The number of methoxy groups -OCH3 is 2. The summed E-state index contributed by atoms with van der Waals surface area (Å²) in [6, 6.07) is 2.76. The van der Waals surface area contributed by atoms with Crippen LogP contribution in [0.25, 0.3) is 0 Å². The summed E-state index contributed by atoms with van der Waals surface area (Å²) in [6.07, 6.45) is 0. The molecule has 0 radical (unpaired) electrons. The molecule has 0 atom stereocenters. The zero-order valence-corrected chi connectivity index (χ0v) is 10.1. The first-order chi connectivity index (χ1) is 8.01. The molecule has 0 saturated heterocycles. The Bertz CT molecular complexity index is 455. The van der Waals surface area contributed by atoms with Crippen LogP contribution in [-0.4, -0.2) is 31.1 Å². The molecule has 0 amide bonds. The van der Waals surface area contributed by atoms with Crippen molar-refractivity contribution in [2.24, 2.45) is 0 Å². The topological polar surface area (TPSA) is 72.8 Å². The number of hydrogen-bond acceptors (Lipinski definition) is 4. The molecule has 0 aliphatic heterocycles. The average Bonchev–Trinajstić information content (AvgIpc) is 2.30. The second-order valence-corrected chi connectivity index (χ2v) is 3.62. The maximum atomic E-state index is 11.4. The number of halogens is 1. The van der Waals surface area contributed by atoms with Crippen molar-refractivity contribution in [3.63, 3.8) is 0 Å². The van der Waals surface area contributed by atoms with E-state index in [4.69, 9.17) is 26.2 Å². The number of carboxylic acid groups (broad SMARTS) is 1. The lowest BCUT2D eigenvalue weighted by Gasteiger charge is -2.10. The number of benzene rings is 1. The first-order valence-corrected chi connectivity index (χ1v) is 5.02. The van der Waals surface area contributed by atoms with Crippen LogP contribution >= 0.6 is 11.6 Å². The molecule has 1 rings (SSSR count). The predicted molar refractivity (Wildman–Crippen MR) is 60.7 cm³/mol. The number of Topliss-reactive ketones (excluding diaryl/α,β-unsaturated/α-hetero) is 1. The van der Waals surface area contributed by atoms with Gasteiger partial charge in [-0.1, -0.05) is 11.6 Å². The summed E-state index contributed by atoms with van der Waals surface area (Å²) >= 11 is 5.84. The van der Waals surface area contributed by atoms with Crippen LogP contribution in [0.4, 0.5) is 0 Å². The Kier molecular flexibility index (Phi) is 4.48. The number of carbonyl (C=O) groups excluding carboxylic acids is 1. The molecule has 6 heteroatoms. The van der Waals surface area contributed by atoms with Gasteiger partial charge in [-0.05, 0) is 17.7 Å². The molecule has 17 heavy (non-hydrogen) atoms. The number of aliphatic carboxylic acids is 1. The van der Waals surface area contributed by atoms with Crippen LogP contribution in [0.3, 0.4) is 0 Å². The third-order valence-corrected chi connectivity index (χ3v) is 2.41. The minimum atomic E-state index is -1.54. The standard InChI is InChI=1S/C11H11ClO5/c1-16-5-6-3-9(17-2)8(12)4-7(6)10(13)11(14)15/h3-4H,5H2,1-2H3,(H,14,15).